The molecule has 1 aromatic heterocycles. The number of rotatable bonds is 9. The summed E-state index contributed by atoms with van der Waals surface area (Å²) in [4.78, 5) is 14.3. The maximum Gasteiger partial charge on any atom is 0.311 e. The molecule has 2 aromatic carbocycles. The number of nitrogens with zero attached hydrogens (tertiary/aromatic N) is 3. The quantitative estimate of drug-likeness (QED) is 0.475. The zero-order chi connectivity index (χ0) is 23.5. The van der Waals surface area contributed by atoms with Gasteiger partial charge in [-0.15, -0.1) is 10.2 Å². The minimum Gasteiger partial charge on any atom is -0.497 e. The number of amides is 1. The number of carbonyl (C=O) groups is 1. The second-order valence-electron chi connectivity index (χ2n) is 9.03. The van der Waals surface area contributed by atoms with Gasteiger partial charge >= 0.3 is 11.8 Å². The normalized spacial score (nSPS) is 17.1. The van der Waals surface area contributed by atoms with Crippen molar-refractivity contribution < 1.29 is 28.2 Å². The van der Waals surface area contributed by atoms with E-state index >= 15 is 0 Å². The number of methoxy groups -OCH3 is 1. The fourth-order valence-corrected chi connectivity index (χ4v) is 3.78. The van der Waals surface area contributed by atoms with E-state index in [0.29, 0.717) is 32.2 Å². The van der Waals surface area contributed by atoms with E-state index < -0.39 is 0 Å². The van der Waals surface area contributed by atoms with Gasteiger partial charge in [-0.3, -0.25) is 4.79 Å². The molecule has 2 saturated heterocycles. The number of ether oxygens (including phenoxy) is 4. The molecule has 0 unspecified atom stereocenters. The molecule has 2 fully saturated rings. The summed E-state index contributed by atoms with van der Waals surface area (Å²) >= 11 is 0. The molecular weight excluding hydrogens is 438 g/mol. The van der Waals surface area contributed by atoms with E-state index in [4.69, 9.17) is 23.4 Å². The molecule has 2 aliphatic heterocycles. The molecule has 178 valence electrons. The number of likely N-dealkylation sites (tertiary alicyclic amines) is 1. The molecule has 3 heterocycles. The Morgan fingerprint density at radius 3 is 2.41 bits per heavy atom. The number of hydrogen-bond donors (Lipinski definition) is 0. The van der Waals surface area contributed by atoms with Crippen molar-refractivity contribution in [2.45, 2.75) is 19.6 Å². The molecule has 0 bridgehead atoms. The van der Waals surface area contributed by atoms with E-state index in [1.165, 1.54) is 0 Å². The molecule has 5 rings (SSSR count). The second kappa shape index (κ2) is 9.44. The third-order valence-corrected chi connectivity index (χ3v) is 5.93. The molecule has 9 nitrogen and oxygen atoms in total. The molecule has 34 heavy (non-hydrogen) atoms. The van der Waals surface area contributed by atoms with Gasteiger partial charge in [-0.2, -0.15) is 0 Å². The zero-order valence-electron chi connectivity index (χ0n) is 19.2. The van der Waals surface area contributed by atoms with Crippen LogP contribution in [0.5, 0.6) is 11.5 Å². The highest BCUT2D eigenvalue weighted by Crippen LogP contribution is 2.27. The minimum absolute atomic E-state index is 0.0315. The lowest BCUT2D eigenvalue weighted by molar-refractivity contribution is -0.140. The van der Waals surface area contributed by atoms with Crippen molar-refractivity contribution in [2.24, 2.45) is 5.41 Å². The maximum absolute atomic E-state index is 12.6. The van der Waals surface area contributed by atoms with Crippen molar-refractivity contribution in [3.8, 4) is 23.0 Å². The lowest BCUT2D eigenvalue weighted by Gasteiger charge is -2.38. The van der Waals surface area contributed by atoms with Crippen molar-refractivity contribution in [1.29, 1.82) is 0 Å². The number of carbonyl (C=O) groups excluding carboxylic acids is 1. The van der Waals surface area contributed by atoms with Crippen LogP contribution >= 0.6 is 0 Å². The summed E-state index contributed by atoms with van der Waals surface area (Å²) in [7, 11) is 1.60. The summed E-state index contributed by atoms with van der Waals surface area (Å²) in [6, 6.07) is 15.0. The minimum atomic E-state index is -0.301. The Bertz CT molecular complexity index is 1120. The Morgan fingerprint density at radius 1 is 1.06 bits per heavy atom. The highest BCUT2D eigenvalue weighted by atomic mass is 16.5. The first-order chi connectivity index (χ1) is 16.5. The molecule has 2 aliphatic rings. The Balaban J connectivity index is 1.07. The van der Waals surface area contributed by atoms with E-state index in [2.05, 4.69) is 17.1 Å². The van der Waals surface area contributed by atoms with Crippen LogP contribution in [0.1, 0.15) is 23.2 Å². The Hall–Kier alpha value is -3.43. The Kier molecular flexibility index (Phi) is 6.21. The molecule has 9 heteroatoms. The molecule has 0 atom stereocenters. The van der Waals surface area contributed by atoms with Crippen LogP contribution in [0.25, 0.3) is 11.5 Å². The largest absolute Gasteiger partial charge is 0.497 e. The topological polar surface area (TPSA) is 96.2 Å². The highest BCUT2D eigenvalue weighted by Gasteiger charge is 2.35. The lowest BCUT2D eigenvalue weighted by Crippen LogP contribution is -2.56. The summed E-state index contributed by atoms with van der Waals surface area (Å²) in [6.45, 7) is 5.87. The summed E-state index contributed by atoms with van der Waals surface area (Å²) in [5.41, 5.74) is 1.96. The standard InChI is InChI=1S/C25H27N3O6/c1-25(15-32-16-25)14-31-13-17-3-7-20(8-4-17)33-21-11-28(12-21)24(29)23-27-26-22(34-23)18-5-9-19(30-2)10-6-18/h3-10,21H,11-16H2,1-2H3. The summed E-state index contributed by atoms with van der Waals surface area (Å²) < 4.78 is 27.8. The number of benzene rings is 2. The molecule has 1 amide bonds. The molecular formula is C25H27N3O6. The predicted octanol–water partition coefficient (Wildman–Crippen LogP) is 3.20. The van der Waals surface area contributed by atoms with Crippen molar-refractivity contribution in [2.75, 3.05) is 40.0 Å². The second-order valence-corrected chi connectivity index (χ2v) is 9.03. The van der Waals surface area contributed by atoms with Gasteiger partial charge in [-0.25, -0.2) is 0 Å². The fraction of sp³-hybridized carbons (Fsp3) is 0.400. The maximum atomic E-state index is 12.6. The third kappa shape index (κ3) is 4.90. The van der Waals surface area contributed by atoms with Gasteiger partial charge in [0.1, 0.15) is 17.6 Å². The van der Waals surface area contributed by atoms with E-state index in [0.717, 1.165) is 35.8 Å². The third-order valence-electron chi connectivity index (χ3n) is 5.93. The van der Waals surface area contributed by atoms with Crippen molar-refractivity contribution in [1.82, 2.24) is 15.1 Å². The molecule has 0 saturated carbocycles. The van der Waals surface area contributed by atoms with Gasteiger partial charge in [-0.05, 0) is 42.0 Å². The Labute approximate surface area is 197 Å². The van der Waals surface area contributed by atoms with Gasteiger partial charge in [0.05, 0.1) is 46.6 Å². The summed E-state index contributed by atoms with van der Waals surface area (Å²) in [5.74, 6) is 1.45. The van der Waals surface area contributed by atoms with Crippen LogP contribution in [0, 0.1) is 5.41 Å². The first kappa shape index (κ1) is 22.4. The van der Waals surface area contributed by atoms with Gasteiger partial charge in [0.15, 0.2) is 0 Å². The smallest absolute Gasteiger partial charge is 0.311 e. The SMILES string of the molecule is COc1ccc(-c2nnc(C(=O)N3CC(Oc4ccc(COCC5(C)COC5)cc4)C3)o2)cc1. The van der Waals surface area contributed by atoms with Gasteiger partial charge in [0, 0.05) is 11.0 Å². The Morgan fingerprint density at radius 2 is 1.76 bits per heavy atom. The monoisotopic (exact) mass is 465 g/mol. The van der Waals surface area contributed by atoms with E-state index in [1.54, 1.807) is 36.3 Å². The van der Waals surface area contributed by atoms with Gasteiger partial charge in [0.2, 0.25) is 5.89 Å². The van der Waals surface area contributed by atoms with Crippen LogP contribution in [0.3, 0.4) is 0 Å². The van der Waals surface area contributed by atoms with Crippen molar-refractivity contribution in [3.05, 3.63) is 60.0 Å². The fourth-order valence-electron chi connectivity index (χ4n) is 3.78. The van der Waals surface area contributed by atoms with Crippen molar-refractivity contribution >= 4 is 5.91 Å². The number of aromatic nitrogens is 2. The molecule has 0 spiro atoms. The first-order valence-electron chi connectivity index (χ1n) is 11.2. The van der Waals surface area contributed by atoms with Gasteiger partial charge in [-0.1, -0.05) is 19.1 Å². The van der Waals surface area contributed by atoms with Crippen LogP contribution in [-0.2, 0) is 16.1 Å². The molecule has 0 N–H and O–H groups in total. The van der Waals surface area contributed by atoms with E-state index in [-0.39, 0.29) is 23.3 Å². The van der Waals surface area contributed by atoms with Crippen LogP contribution in [0.4, 0.5) is 0 Å². The van der Waals surface area contributed by atoms with Gasteiger partial charge in [0.25, 0.3) is 0 Å². The molecule has 0 aliphatic carbocycles. The van der Waals surface area contributed by atoms with Crippen molar-refractivity contribution in [3.63, 3.8) is 0 Å². The molecule has 3 aromatic rings. The zero-order valence-corrected chi connectivity index (χ0v) is 19.2. The molecule has 0 radical (unpaired) electrons. The van der Waals surface area contributed by atoms with E-state index in [1.807, 2.05) is 24.3 Å². The summed E-state index contributed by atoms with van der Waals surface area (Å²) in [6.07, 6.45) is -0.0754. The van der Waals surface area contributed by atoms with Crippen LogP contribution < -0.4 is 9.47 Å². The average molecular weight is 466 g/mol. The lowest BCUT2D eigenvalue weighted by atomic mass is 9.90. The van der Waals surface area contributed by atoms with E-state index in [9.17, 15) is 4.79 Å². The van der Waals surface area contributed by atoms with Crippen LogP contribution in [0.2, 0.25) is 0 Å². The predicted molar refractivity (Wildman–Crippen MR) is 122 cm³/mol. The number of hydrogen-bond acceptors (Lipinski definition) is 8. The highest BCUT2D eigenvalue weighted by molar-refractivity contribution is 5.90. The van der Waals surface area contributed by atoms with Gasteiger partial charge < -0.3 is 28.3 Å². The van der Waals surface area contributed by atoms with Crippen LogP contribution in [-0.4, -0.2) is 67.1 Å². The average Bonchev–Trinajstić information content (AvgIpc) is 3.31. The summed E-state index contributed by atoms with van der Waals surface area (Å²) in [5, 5.41) is 7.90. The van der Waals surface area contributed by atoms with Crippen LogP contribution in [0.15, 0.2) is 52.9 Å². The first-order valence-corrected chi connectivity index (χ1v) is 11.2.